The maximum absolute atomic E-state index is 12.8. The van der Waals surface area contributed by atoms with Crippen LogP contribution in [0, 0.1) is 5.92 Å². The van der Waals surface area contributed by atoms with Crippen molar-refractivity contribution in [2.45, 2.75) is 77.2 Å². The predicted octanol–water partition coefficient (Wildman–Crippen LogP) is 4.30. The Labute approximate surface area is 155 Å². The molecule has 1 aliphatic heterocycles. The highest BCUT2D eigenvalue weighted by Gasteiger charge is 2.49. The molecule has 26 heavy (non-hydrogen) atoms. The fourth-order valence-corrected chi connectivity index (χ4v) is 4.07. The maximum Gasteiger partial charge on any atom is 0.411 e. The van der Waals surface area contributed by atoms with E-state index in [1.54, 1.807) is 4.90 Å². The van der Waals surface area contributed by atoms with E-state index in [-0.39, 0.29) is 18.6 Å². The summed E-state index contributed by atoms with van der Waals surface area (Å²) in [6.07, 6.45) is 4.53. The summed E-state index contributed by atoms with van der Waals surface area (Å²) in [5.41, 5.74) is 0.363. The number of amides is 1. The van der Waals surface area contributed by atoms with E-state index in [2.05, 4.69) is 0 Å². The largest absolute Gasteiger partial charge is 0.459 e. The van der Waals surface area contributed by atoms with E-state index in [4.69, 9.17) is 9.47 Å². The smallest absolute Gasteiger partial charge is 0.411 e. The maximum atomic E-state index is 12.8. The highest BCUT2D eigenvalue weighted by Crippen LogP contribution is 2.40. The zero-order valence-electron chi connectivity index (χ0n) is 15.9. The van der Waals surface area contributed by atoms with Gasteiger partial charge in [-0.15, -0.1) is 0 Å². The van der Waals surface area contributed by atoms with Crippen molar-refractivity contribution >= 4 is 12.1 Å². The Morgan fingerprint density at radius 3 is 2.50 bits per heavy atom. The Hall–Kier alpha value is -2.04. The summed E-state index contributed by atoms with van der Waals surface area (Å²) in [6.45, 7) is 5.78. The SMILES string of the molecule is CC(C)(C)OC(=O)N1[C@@H]2CCCC[C@@H]2C[C@H]1C(=O)OCc1ccccc1. The summed E-state index contributed by atoms with van der Waals surface area (Å²) in [6, 6.07) is 9.16. The van der Waals surface area contributed by atoms with Gasteiger partial charge in [0.1, 0.15) is 18.2 Å². The normalized spacial score (nSPS) is 25.5. The van der Waals surface area contributed by atoms with E-state index in [1.807, 2.05) is 51.1 Å². The van der Waals surface area contributed by atoms with Gasteiger partial charge in [0.25, 0.3) is 0 Å². The van der Waals surface area contributed by atoms with Gasteiger partial charge in [0.2, 0.25) is 0 Å². The second-order valence-corrected chi connectivity index (χ2v) is 8.34. The van der Waals surface area contributed by atoms with Crippen LogP contribution in [0.1, 0.15) is 58.4 Å². The van der Waals surface area contributed by atoms with Gasteiger partial charge in [-0.2, -0.15) is 0 Å². The van der Waals surface area contributed by atoms with Gasteiger partial charge in [0.15, 0.2) is 0 Å². The van der Waals surface area contributed by atoms with Crippen molar-refractivity contribution in [3.05, 3.63) is 35.9 Å². The number of nitrogens with zero attached hydrogens (tertiary/aromatic N) is 1. The predicted molar refractivity (Wildman–Crippen MR) is 98.5 cm³/mol. The lowest BCUT2D eigenvalue weighted by Crippen LogP contribution is -2.48. The second kappa shape index (κ2) is 7.68. The third-order valence-corrected chi connectivity index (χ3v) is 5.19. The molecule has 0 unspecified atom stereocenters. The van der Waals surface area contributed by atoms with Crippen LogP contribution in [0.4, 0.5) is 4.79 Å². The molecular formula is C21H29NO4. The lowest BCUT2D eigenvalue weighted by atomic mass is 9.85. The van der Waals surface area contributed by atoms with E-state index in [0.717, 1.165) is 31.2 Å². The van der Waals surface area contributed by atoms with Crippen molar-refractivity contribution in [2.75, 3.05) is 0 Å². The van der Waals surface area contributed by atoms with E-state index in [1.165, 1.54) is 0 Å². The van der Waals surface area contributed by atoms with Gasteiger partial charge in [0, 0.05) is 6.04 Å². The molecule has 5 heteroatoms. The number of carbonyl (C=O) groups excluding carboxylic acids is 2. The van der Waals surface area contributed by atoms with Crippen LogP contribution in [0.5, 0.6) is 0 Å². The van der Waals surface area contributed by atoms with Crippen LogP contribution < -0.4 is 0 Å². The zero-order valence-corrected chi connectivity index (χ0v) is 15.9. The van der Waals surface area contributed by atoms with Crippen LogP contribution in [0.15, 0.2) is 30.3 Å². The van der Waals surface area contributed by atoms with Crippen LogP contribution in [-0.4, -0.2) is 34.6 Å². The third kappa shape index (κ3) is 4.37. The third-order valence-electron chi connectivity index (χ3n) is 5.19. The van der Waals surface area contributed by atoms with Crippen molar-refractivity contribution in [3.8, 4) is 0 Å². The van der Waals surface area contributed by atoms with E-state index in [9.17, 15) is 9.59 Å². The van der Waals surface area contributed by atoms with E-state index >= 15 is 0 Å². The molecule has 3 rings (SSSR count). The van der Waals surface area contributed by atoms with Gasteiger partial charge in [0.05, 0.1) is 0 Å². The molecule has 1 aliphatic carbocycles. The minimum absolute atomic E-state index is 0.0906. The summed E-state index contributed by atoms with van der Waals surface area (Å²) in [5.74, 6) is 0.0413. The topological polar surface area (TPSA) is 55.8 Å². The van der Waals surface area contributed by atoms with Crippen LogP contribution in [0.3, 0.4) is 0 Å². The van der Waals surface area contributed by atoms with Crippen molar-refractivity contribution in [1.82, 2.24) is 4.90 Å². The number of hydrogen-bond acceptors (Lipinski definition) is 4. The zero-order chi connectivity index (χ0) is 18.7. The van der Waals surface area contributed by atoms with Crippen molar-refractivity contribution < 1.29 is 19.1 Å². The van der Waals surface area contributed by atoms with Gasteiger partial charge >= 0.3 is 12.1 Å². The Kier molecular flexibility index (Phi) is 5.54. The minimum atomic E-state index is -0.581. The highest BCUT2D eigenvalue weighted by molar-refractivity contribution is 5.82. The molecule has 1 aromatic rings. The Balaban J connectivity index is 1.72. The number of carbonyl (C=O) groups is 2. The Bertz CT molecular complexity index is 637. The first-order valence-electron chi connectivity index (χ1n) is 9.57. The number of benzene rings is 1. The molecule has 0 spiro atoms. The van der Waals surface area contributed by atoms with Crippen molar-refractivity contribution in [1.29, 1.82) is 0 Å². The van der Waals surface area contributed by atoms with Crippen LogP contribution in [0.25, 0.3) is 0 Å². The van der Waals surface area contributed by atoms with Crippen LogP contribution in [-0.2, 0) is 20.9 Å². The highest BCUT2D eigenvalue weighted by atomic mass is 16.6. The number of ether oxygens (including phenoxy) is 2. The molecule has 0 aromatic heterocycles. The molecule has 142 valence electrons. The van der Waals surface area contributed by atoms with Gasteiger partial charge in [-0.3, -0.25) is 4.90 Å². The van der Waals surface area contributed by atoms with Crippen molar-refractivity contribution in [3.63, 3.8) is 0 Å². The molecule has 5 nitrogen and oxygen atoms in total. The monoisotopic (exact) mass is 359 g/mol. The van der Waals surface area contributed by atoms with Gasteiger partial charge in [-0.05, 0) is 51.5 Å². The van der Waals surface area contributed by atoms with Gasteiger partial charge in [-0.25, -0.2) is 9.59 Å². The molecule has 3 atom stereocenters. The van der Waals surface area contributed by atoms with E-state index in [0.29, 0.717) is 12.3 Å². The fourth-order valence-electron chi connectivity index (χ4n) is 4.07. The fraction of sp³-hybridized carbons (Fsp3) is 0.619. The van der Waals surface area contributed by atoms with Gasteiger partial charge in [-0.1, -0.05) is 43.2 Å². The number of esters is 1. The first kappa shape index (κ1) is 18.7. The van der Waals surface area contributed by atoms with E-state index < -0.39 is 17.7 Å². The van der Waals surface area contributed by atoms with Crippen molar-refractivity contribution in [2.24, 2.45) is 5.92 Å². The summed E-state index contributed by atoms with van der Waals surface area (Å²) < 4.78 is 11.1. The molecule has 1 heterocycles. The first-order valence-corrected chi connectivity index (χ1v) is 9.57. The Morgan fingerprint density at radius 2 is 1.81 bits per heavy atom. The minimum Gasteiger partial charge on any atom is -0.459 e. The van der Waals surface area contributed by atoms with Gasteiger partial charge < -0.3 is 9.47 Å². The lowest BCUT2D eigenvalue weighted by molar-refractivity contribution is -0.150. The summed E-state index contributed by atoms with van der Waals surface area (Å²) in [4.78, 5) is 27.2. The molecule has 0 bridgehead atoms. The van der Waals surface area contributed by atoms with Crippen LogP contribution in [0.2, 0.25) is 0 Å². The molecule has 2 fully saturated rings. The molecule has 1 saturated heterocycles. The molecule has 1 aromatic carbocycles. The molecule has 1 saturated carbocycles. The second-order valence-electron chi connectivity index (χ2n) is 8.34. The number of rotatable bonds is 3. The molecule has 2 aliphatic rings. The first-order chi connectivity index (χ1) is 12.3. The molecule has 0 radical (unpaired) electrons. The quantitative estimate of drug-likeness (QED) is 0.755. The summed E-state index contributed by atoms with van der Waals surface area (Å²) >= 11 is 0. The number of hydrogen-bond donors (Lipinski definition) is 0. The number of likely N-dealkylation sites (tertiary alicyclic amines) is 1. The number of fused-ring (bicyclic) bond motifs is 1. The molecular weight excluding hydrogens is 330 g/mol. The molecule has 1 amide bonds. The standard InChI is InChI=1S/C21H29NO4/c1-21(2,3)26-20(24)22-17-12-8-7-11-16(17)13-18(22)19(23)25-14-15-9-5-4-6-10-15/h4-6,9-10,16-18H,7-8,11-14H2,1-3H3/t16-,17-,18+/m1/s1. The lowest BCUT2D eigenvalue weighted by Gasteiger charge is -2.34. The average Bonchev–Trinajstić information content (AvgIpc) is 2.99. The summed E-state index contributed by atoms with van der Waals surface area (Å²) in [5, 5.41) is 0. The molecule has 0 N–H and O–H groups in total. The Morgan fingerprint density at radius 1 is 1.12 bits per heavy atom. The summed E-state index contributed by atoms with van der Waals surface area (Å²) in [7, 11) is 0. The van der Waals surface area contributed by atoms with Crippen LogP contribution >= 0.6 is 0 Å². The average molecular weight is 359 g/mol.